The number of aromatic amines is 1. The van der Waals surface area contributed by atoms with Gasteiger partial charge in [-0.25, -0.2) is 13.8 Å². The predicted octanol–water partition coefficient (Wildman–Crippen LogP) is 2.55. The second-order valence-corrected chi connectivity index (χ2v) is 4.98. The van der Waals surface area contributed by atoms with Crippen LogP contribution in [0.2, 0.25) is 0 Å². The fourth-order valence-corrected chi connectivity index (χ4v) is 2.62. The van der Waals surface area contributed by atoms with Crippen LogP contribution in [0.1, 0.15) is 25.1 Å². The van der Waals surface area contributed by atoms with Crippen molar-refractivity contribution in [3.63, 3.8) is 0 Å². The van der Waals surface area contributed by atoms with Gasteiger partial charge in [-0.1, -0.05) is 6.92 Å². The van der Waals surface area contributed by atoms with Gasteiger partial charge in [-0.05, 0) is 25.4 Å². The van der Waals surface area contributed by atoms with E-state index in [1.165, 1.54) is 6.07 Å². The fraction of sp³-hybridized carbons (Fsp3) is 0.462. The summed E-state index contributed by atoms with van der Waals surface area (Å²) in [5.41, 5.74) is 1.06. The first-order valence-corrected chi connectivity index (χ1v) is 6.20. The first kappa shape index (κ1) is 11.6. The Morgan fingerprint density at radius 2 is 2.06 bits per heavy atom. The van der Waals surface area contributed by atoms with Crippen LogP contribution in [0.15, 0.2) is 12.1 Å². The summed E-state index contributed by atoms with van der Waals surface area (Å²) >= 11 is 0. The van der Waals surface area contributed by atoms with Crippen LogP contribution in [0.4, 0.5) is 8.78 Å². The number of piperidine rings is 1. The van der Waals surface area contributed by atoms with Gasteiger partial charge in [-0.15, -0.1) is 0 Å². The lowest BCUT2D eigenvalue weighted by Gasteiger charge is -2.27. The highest BCUT2D eigenvalue weighted by atomic mass is 19.2. The fourth-order valence-electron chi connectivity index (χ4n) is 2.62. The second-order valence-electron chi connectivity index (χ2n) is 4.98. The van der Waals surface area contributed by atoms with Gasteiger partial charge < -0.3 is 10.3 Å². The van der Waals surface area contributed by atoms with E-state index in [0.717, 1.165) is 31.4 Å². The molecule has 2 atom stereocenters. The van der Waals surface area contributed by atoms with Crippen molar-refractivity contribution in [3.05, 3.63) is 29.6 Å². The summed E-state index contributed by atoms with van der Waals surface area (Å²) in [6.45, 7) is 4.06. The van der Waals surface area contributed by atoms with Crippen molar-refractivity contribution < 1.29 is 8.78 Å². The maximum atomic E-state index is 13.1. The van der Waals surface area contributed by atoms with Crippen molar-refractivity contribution >= 4 is 11.0 Å². The molecule has 2 unspecified atom stereocenters. The molecule has 2 heterocycles. The van der Waals surface area contributed by atoms with Gasteiger partial charge in [0.15, 0.2) is 11.6 Å². The van der Waals surface area contributed by atoms with Gasteiger partial charge in [-0.3, -0.25) is 0 Å². The van der Waals surface area contributed by atoms with Crippen LogP contribution in [-0.4, -0.2) is 23.1 Å². The molecule has 1 saturated heterocycles. The number of hydrogen-bond donors (Lipinski definition) is 2. The van der Waals surface area contributed by atoms with E-state index in [4.69, 9.17) is 0 Å². The molecular weight excluding hydrogens is 236 g/mol. The zero-order valence-electron chi connectivity index (χ0n) is 10.1. The molecule has 1 fully saturated rings. The molecule has 0 spiro atoms. The minimum absolute atomic E-state index is 0.324. The number of benzene rings is 1. The average Bonchev–Trinajstić information content (AvgIpc) is 2.73. The number of imidazole rings is 1. The van der Waals surface area contributed by atoms with Crippen molar-refractivity contribution in [3.8, 4) is 0 Å². The number of rotatable bonds is 1. The van der Waals surface area contributed by atoms with Crippen molar-refractivity contribution in [2.45, 2.75) is 19.3 Å². The normalized spacial score (nSPS) is 24.6. The zero-order chi connectivity index (χ0) is 12.7. The van der Waals surface area contributed by atoms with E-state index in [9.17, 15) is 8.78 Å². The molecule has 3 rings (SSSR count). The Labute approximate surface area is 104 Å². The van der Waals surface area contributed by atoms with E-state index >= 15 is 0 Å². The Morgan fingerprint density at radius 3 is 2.83 bits per heavy atom. The summed E-state index contributed by atoms with van der Waals surface area (Å²) in [6.07, 6.45) is 0.992. The number of halogens is 2. The van der Waals surface area contributed by atoms with Gasteiger partial charge in [-0.2, -0.15) is 0 Å². The van der Waals surface area contributed by atoms with Crippen molar-refractivity contribution in [2.24, 2.45) is 5.92 Å². The summed E-state index contributed by atoms with van der Waals surface area (Å²) < 4.78 is 26.3. The molecule has 0 radical (unpaired) electrons. The van der Waals surface area contributed by atoms with Gasteiger partial charge >= 0.3 is 0 Å². The smallest absolute Gasteiger partial charge is 0.161 e. The summed E-state index contributed by atoms with van der Waals surface area (Å²) in [6, 6.07) is 2.32. The third-order valence-corrected chi connectivity index (χ3v) is 3.68. The molecule has 96 valence electrons. The van der Waals surface area contributed by atoms with E-state index in [1.54, 1.807) is 0 Å². The molecule has 2 aromatic rings. The molecule has 1 aliphatic rings. The van der Waals surface area contributed by atoms with Gasteiger partial charge in [0.1, 0.15) is 5.82 Å². The number of aromatic nitrogens is 2. The van der Waals surface area contributed by atoms with Gasteiger partial charge in [0.25, 0.3) is 0 Å². The lowest BCUT2D eigenvalue weighted by Crippen LogP contribution is -2.34. The molecule has 3 nitrogen and oxygen atoms in total. The third-order valence-electron chi connectivity index (χ3n) is 3.68. The van der Waals surface area contributed by atoms with Crippen molar-refractivity contribution in [1.29, 1.82) is 0 Å². The predicted molar refractivity (Wildman–Crippen MR) is 65.4 cm³/mol. The van der Waals surface area contributed by atoms with Crippen LogP contribution in [0, 0.1) is 17.6 Å². The number of fused-ring (bicyclic) bond motifs is 1. The Bertz CT molecular complexity index is 540. The number of nitrogens with one attached hydrogen (secondary N) is 2. The molecule has 0 bridgehead atoms. The maximum Gasteiger partial charge on any atom is 0.161 e. The van der Waals surface area contributed by atoms with Crippen LogP contribution in [0.25, 0.3) is 11.0 Å². The highest BCUT2D eigenvalue weighted by molar-refractivity contribution is 5.75. The van der Waals surface area contributed by atoms with E-state index in [-0.39, 0.29) is 0 Å². The first-order valence-electron chi connectivity index (χ1n) is 6.20. The average molecular weight is 251 g/mol. The SMILES string of the molecule is CC1CNCCC1c1nc2cc(F)c(F)cc2[nH]1. The molecule has 2 N–H and O–H groups in total. The van der Waals surface area contributed by atoms with Crippen LogP contribution in [0.5, 0.6) is 0 Å². The molecule has 18 heavy (non-hydrogen) atoms. The topological polar surface area (TPSA) is 40.7 Å². The number of H-pyrrole nitrogens is 1. The molecule has 1 aliphatic heterocycles. The van der Waals surface area contributed by atoms with E-state index in [2.05, 4.69) is 22.2 Å². The summed E-state index contributed by atoms with van der Waals surface area (Å²) in [4.78, 5) is 7.52. The Morgan fingerprint density at radius 1 is 1.28 bits per heavy atom. The van der Waals surface area contributed by atoms with Crippen LogP contribution < -0.4 is 5.32 Å². The van der Waals surface area contributed by atoms with Crippen LogP contribution >= 0.6 is 0 Å². The lowest BCUT2D eigenvalue weighted by molar-refractivity contribution is 0.340. The van der Waals surface area contributed by atoms with Crippen LogP contribution in [-0.2, 0) is 0 Å². The monoisotopic (exact) mass is 251 g/mol. The van der Waals surface area contributed by atoms with Gasteiger partial charge in [0.2, 0.25) is 0 Å². The Balaban J connectivity index is 2.02. The van der Waals surface area contributed by atoms with E-state index < -0.39 is 11.6 Å². The largest absolute Gasteiger partial charge is 0.342 e. The molecule has 0 amide bonds. The molecule has 1 aromatic heterocycles. The zero-order valence-corrected chi connectivity index (χ0v) is 10.1. The summed E-state index contributed by atoms with van der Waals surface area (Å²) in [5.74, 6) is -0.0576. The molecule has 1 aromatic carbocycles. The third kappa shape index (κ3) is 1.88. The molecular formula is C13H15F2N3. The Hall–Kier alpha value is -1.49. The Kier molecular flexibility index (Phi) is 2.78. The highest BCUT2D eigenvalue weighted by Gasteiger charge is 2.25. The van der Waals surface area contributed by atoms with Crippen molar-refractivity contribution in [1.82, 2.24) is 15.3 Å². The van der Waals surface area contributed by atoms with Gasteiger partial charge in [0.05, 0.1) is 11.0 Å². The summed E-state index contributed by atoms with van der Waals surface area (Å²) in [5, 5.41) is 3.32. The van der Waals surface area contributed by atoms with Crippen molar-refractivity contribution in [2.75, 3.05) is 13.1 Å². The van der Waals surface area contributed by atoms with E-state index in [0.29, 0.717) is 22.9 Å². The second kappa shape index (κ2) is 4.31. The number of hydrogen-bond acceptors (Lipinski definition) is 2. The van der Waals surface area contributed by atoms with E-state index in [1.807, 2.05) is 0 Å². The van der Waals surface area contributed by atoms with Crippen LogP contribution in [0.3, 0.4) is 0 Å². The summed E-state index contributed by atoms with van der Waals surface area (Å²) in [7, 11) is 0. The minimum atomic E-state index is -0.848. The number of nitrogens with zero attached hydrogens (tertiary/aromatic N) is 1. The highest BCUT2D eigenvalue weighted by Crippen LogP contribution is 2.29. The lowest BCUT2D eigenvalue weighted by atomic mass is 9.87. The standard InChI is InChI=1S/C13H15F2N3/c1-7-6-16-3-2-8(7)13-17-11-4-9(14)10(15)5-12(11)18-13/h4-5,7-8,16H,2-3,6H2,1H3,(H,17,18). The molecule has 5 heteroatoms. The first-order chi connectivity index (χ1) is 8.65. The molecule has 0 aliphatic carbocycles. The maximum absolute atomic E-state index is 13.1. The van der Waals surface area contributed by atoms with Gasteiger partial charge in [0, 0.05) is 18.1 Å². The molecule has 0 saturated carbocycles. The quantitative estimate of drug-likeness (QED) is 0.817. The minimum Gasteiger partial charge on any atom is -0.342 e.